The number of anilines is 2. The third-order valence-corrected chi connectivity index (χ3v) is 3.22. The van der Waals surface area contributed by atoms with E-state index < -0.39 is 0 Å². The van der Waals surface area contributed by atoms with E-state index in [1.54, 1.807) is 12.1 Å². The minimum absolute atomic E-state index is 0.511. The fourth-order valence-electron chi connectivity index (χ4n) is 1.48. The van der Waals surface area contributed by atoms with Gasteiger partial charge in [-0.05, 0) is 33.6 Å². The quantitative estimate of drug-likeness (QED) is 0.589. The zero-order valence-electron chi connectivity index (χ0n) is 9.89. The molecule has 6 nitrogen and oxygen atoms in total. The van der Waals surface area contributed by atoms with E-state index in [9.17, 15) is 0 Å². The molecule has 0 aliphatic rings. The lowest BCUT2D eigenvalue weighted by atomic mass is 10.1. The van der Waals surface area contributed by atoms with E-state index >= 15 is 0 Å². The fraction of sp³-hybridized carbons (Fsp3) is 0.0833. The van der Waals surface area contributed by atoms with Crippen LogP contribution < -0.4 is 16.6 Å². The molecule has 1 aromatic heterocycles. The molecule has 96 valence electrons. The zero-order chi connectivity index (χ0) is 13.7. The molecular weight excluding hydrogens is 308 g/mol. The minimum atomic E-state index is 0.511. The molecule has 0 spiro atoms. The lowest BCUT2D eigenvalue weighted by molar-refractivity contribution is 1.06. The van der Waals surface area contributed by atoms with Crippen molar-refractivity contribution in [2.75, 3.05) is 10.7 Å². The van der Waals surface area contributed by atoms with E-state index in [1.165, 1.54) is 6.33 Å². The third-order valence-electron chi connectivity index (χ3n) is 2.47. The summed E-state index contributed by atoms with van der Waals surface area (Å²) in [5.74, 6) is 6.49. The van der Waals surface area contributed by atoms with E-state index in [1.807, 2.05) is 12.1 Å². The number of nitriles is 1. The Morgan fingerprint density at radius 3 is 2.53 bits per heavy atom. The first-order valence-electron chi connectivity index (χ1n) is 5.44. The number of nitrogens with zero attached hydrogens (tertiary/aromatic N) is 3. The molecule has 0 fully saturated rings. The maximum absolute atomic E-state index is 8.72. The van der Waals surface area contributed by atoms with Crippen LogP contribution in [0.2, 0.25) is 0 Å². The second kappa shape index (κ2) is 6.13. The van der Waals surface area contributed by atoms with Crippen molar-refractivity contribution < 1.29 is 0 Å². The van der Waals surface area contributed by atoms with Gasteiger partial charge in [0.2, 0.25) is 0 Å². The summed E-state index contributed by atoms with van der Waals surface area (Å²) in [5.41, 5.74) is 4.16. The Kier molecular flexibility index (Phi) is 4.28. The van der Waals surface area contributed by atoms with Crippen LogP contribution in [0, 0.1) is 11.3 Å². The molecule has 2 aromatic rings. The molecule has 0 saturated carbocycles. The molecule has 19 heavy (non-hydrogen) atoms. The maximum Gasteiger partial charge on any atom is 0.159 e. The molecular formula is C12H11BrN6. The average molecular weight is 319 g/mol. The second-order valence-corrected chi connectivity index (χ2v) is 4.48. The van der Waals surface area contributed by atoms with Crippen molar-refractivity contribution in [2.24, 2.45) is 5.84 Å². The first-order valence-corrected chi connectivity index (χ1v) is 6.24. The van der Waals surface area contributed by atoms with Crippen LogP contribution in [-0.2, 0) is 6.54 Å². The van der Waals surface area contributed by atoms with Crippen molar-refractivity contribution in [3.8, 4) is 6.07 Å². The fourth-order valence-corrected chi connectivity index (χ4v) is 1.94. The summed E-state index contributed by atoms with van der Waals surface area (Å²) < 4.78 is 0.672. The van der Waals surface area contributed by atoms with E-state index in [4.69, 9.17) is 11.1 Å². The van der Waals surface area contributed by atoms with Crippen LogP contribution in [0.4, 0.5) is 11.6 Å². The molecule has 0 saturated heterocycles. The van der Waals surface area contributed by atoms with Gasteiger partial charge in [-0.2, -0.15) is 5.26 Å². The lowest BCUT2D eigenvalue weighted by Gasteiger charge is -2.09. The van der Waals surface area contributed by atoms with E-state index in [0.717, 1.165) is 5.56 Å². The monoisotopic (exact) mass is 318 g/mol. The third kappa shape index (κ3) is 3.19. The highest BCUT2D eigenvalue weighted by Crippen LogP contribution is 2.25. The molecule has 4 N–H and O–H groups in total. The van der Waals surface area contributed by atoms with Crippen LogP contribution >= 0.6 is 15.9 Å². The number of aromatic nitrogens is 2. The van der Waals surface area contributed by atoms with Gasteiger partial charge in [0.1, 0.15) is 16.6 Å². The number of benzene rings is 1. The number of rotatable bonds is 4. The van der Waals surface area contributed by atoms with Crippen molar-refractivity contribution in [1.29, 1.82) is 5.26 Å². The number of hydrazine groups is 1. The van der Waals surface area contributed by atoms with Gasteiger partial charge in [0, 0.05) is 6.54 Å². The van der Waals surface area contributed by atoms with Gasteiger partial charge in [0.05, 0.1) is 11.6 Å². The van der Waals surface area contributed by atoms with E-state index in [0.29, 0.717) is 28.2 Å². The molecule has 0 radical (unpaired) electrons. The summed E-state index contributed by atoms with van der Waals surface area (Å²) in [6.45, 7) is 0.589. The van der Waals surface area contributed by atoms with E-state index in [2.05, 4.69) is 42.7 Å². The largest absolute Gasteiger partial charge is 0.365 e. The van der Waals surface area contributed by atoms with Crippen molar-refractivity contribution in [3.05, 3.63) is 46.2 Å². The molecule has 0 bridgehead atoms. The standard InChI is InChI=1S/C12H11BrN6/c13-10-11(17-7-18-12(10)19-15)16-6-9-3-1-8(5-14)2-4-9/h1-4,7H,6,15H2,(H2,16,17,18,19). The lowest BCUT2D eigenvalue weighted by Crippen LogP contribution is -2.11. The van der Waals surface area contributed by atoms with Crippen LogP contribution in [-0.4, -0.2) is 9.97 Å². The Balaban J connectivity index is 2.08. The number of halogens is 1. The van der Waals surface area contributed by atoms with Gasteiger partial charge in [-0.1, -0.05) is 12.1 Å². The number of nitrogens with one attached hydrogen (secondary N) is 2. The predicted octanol–water partition coefficient (Wildman–Crippen LogP) is 2.01. The van der Waals surface area contributed by atoms with Gasteiger partial charge >= 0.3 is 0 Å². The smallest absolute Gasteiger partial charge is 0.159 e. The van der Waals surface area contributed by atoms with Crippen molar-refractivity contribution in [2.45, 2.75) is 6.54 Å². The number of nitrogens with two attached hydrogens (primary N) is 1. The summed E-state index contributed by atoms with van der Waals surface area (Å²) in [6, 6.07) is 9.42. The van der Waals surface area contributed by atoms with Crippen LogP contribution in [0.1, 0.15) is 11.1 Å². The van der Waals surface area contributed by atoms with Gasteiger partial charge in [0.25, 0.3) is 0 Å². The summed E-state index contributed by atoms with van der Waals surface area (Å²) in [5, 5.41) is 11.9. The SMILES string of the molecule is N#Cc1ccc(CNc2ncnc(NN)c2Br)cc1. The Morgan fingerprint density at radius 2 is 1.89 bits per heavy atom. The Hall–Kier alpha value is -2.17. The predicted molar refractivity (Wildman–Crippen MR) is 76.0 cm³/mol. The van der Waals surface area contributed by atoms with Crippen LogP contribution in [0.3, 0.4) is 0 Å². The molecule has 0 atom stereocenters. The minimum Gasteiger partial charge on any atom is -0.365 e. The van der Waals surface area contributed by atoms with E-state index in [-0.39, 0.29) is 0 Å². The Bertz CT molecular complexity index is 605. The zero-order valence-corrected chi connectivity index (χ0v) is 11.5. The molecule has 1 heterocycles. The topological polar surface area (TPSA) is 99.6 Å². The molecule has 1 aromatic carbocycles. The molecule has 0 amide bonds. The average Bonchev–Trinajstić information content (AvgIpc) is 2.47. The van der Waals surface area contributed by atoms with Gasteiger partial charge in [-0.15, -0.1) is 0 Å². The molecule has 0 aliphatic heterocycles. The van der Waals surface area contributed by atoms with Gasteiger partial charge in [-0.25, -0.2) is 15.8 Å². The molecule has 0 unspecified atom stereocenters. The van der Waals surface area contributed by atoms with Gasteiger partial charge < -0.3 is 10.7 Å². The number of hydrogen-bond donors (Lipinski definition) is 3. The first kappa shape index (κ1) is 13.3. The normalized spacial score (nSPS) is 9.74. The van der Waals surface area contributed by atoms with Gasteiger partial charge in [-0.3, -0.25) is 0 Å². The number of hydrogen-bond acceptors (Lipinski definition) is 6. The highest BCUT2D eigenvalue weighted by atomic mass is 79.9. The Labute approximate surface area is 118 Å². The highest BCUT2D eigenvalue weighted by Gasteiger charge is 2.07. The van der Waals surface area contributed by atoms with Gasteiger partial charge in [0.15, 0.2) is 5.82 Å². The highest BCUT2D eigenvalue weighted by molar-refractivity contribution is 9.10. The molecule has 2 rings (SSSR count). The first-order chi connectivity index (χ1) is 9.24. The Morgan fingerprint density at radius 1 is 1.21 bits per heavy atom. The summed E-state index contributed by atoms with van der Waals surface area (Å²) in [7, 11) is 0. The van der Waals surface area contributed by atoms with Crippen molar-refractivity contribution in [3.63, 3.8) is 0 Å². The summed E-state index contributed by atoms with van der Waals surface area (Å²) in [6.07, 6.45) is 1.42. The van der Waals surface area contributed by atoms with Crippen LogP contribution in [0.25, 0.3) is 0 Å². The van der Waals surface area contributed by atoms with Crippen LogP contribution in [0.15, 0.2) is 35.1 Å². The summed E-state index contributed by atoms with van der Waals surface area (Å²) >= 11 is 3.36. The molecule has 7 heteroatoms. The van der Waals surface area contributed by atoms with Crippen LogP contribution in [0.5, 0.6) is 0 Å². The number of nitrogen functional groups attached to an aromatic ring is 1. The maximum atomic E-state index is 8.72. The summed E-state index contributed by atoms with van der Waals surface area (Å²) in [4.78, 5) is 8.08. The van der Waals surface area contributed by atoms with Crippen molar-refractivity contribution >= 4 is 27.6 Å². The second-order valence-electron chi connectivity index (χ2n) is 3.69. The molecule has 0 aliphatic carbocycles. The van der Waals surface area contributed by atoms with Crippen molar-refractivity contribution in [1.82, 2.24) is 9.97 Å².